The molecule has 22 heavy (non-hydrogen) atoms. The average Bonchev–Trinajstić information content (AvgIpc) is 2.59. The Balaban J connectivity index is 1.89. The molecule has 1 unspecified atom stereocenters. The van der Waals surface area contributed by atoms with Crippen molar-refractivity contribution in [2.75, 3.05) is 6.54 Å². The molecule has 3 aromatic rings. The van der Waals surface area contributed by atoms with Crippen LogP contribution in [0.4, 0.5) is 0 Å². The lowest BCUT2D eigenvalue weighted by molar-refractivity contribution is 0.529. The van der Waals surface area contributed by atoms with Gasteiger partial charge in [0.15, 0.2) is 0 Å². The van der Waals surface area contributed by atoms with Crippen molar-refractivity contribution >= 4 is 11.0 Å². The maximum Gasteiger partial charge on any atom is 0.0890 e. The third-order valence-corrected chi connectivity index (χ3v) is 3.82. The fourth-order valence-electron chi connectivity index (χ4n) is 2.67. The first-order valence-corrected chi connectivity index (χ1v) is 7.85. The maximum atomic E-state index is 4.42. The lowest BCUT2D eigenvalue weighted by atomic mass is 9.98. The van der Waals surface area contributed by atoms with E-state index in [-0.39, 0.29) is 0 Å². The van der Waals surface area contributed by atoms with Crippen LogP contribution in [0.15, 0.2) is 60.9 Å². The predicted molar refractivity (Wildman–Crippen MR) is 90.7 cm³/mol. The highest BCUT2D eigenvalue weighted by Crippen LogP contribution is 2.21. The number of aromatic nitrogens is 2. The highest BCUT2D eigenvalue weighted by Gasteiger charge is 2.12. The van der Waals surface area contributed by atoms with E-state index in [0.717, 1.165) is 30.4 Å². The molecule has 0 saturated carbocycles. The van der Waals surface area contributed by atoms with E-state index >= 15 is 0 Å². The number of fused-ring (bicyclic) bond motifs is 1. The largest absolute Gasteiger partial charge is 0.310 e. The van der Waals surface area contributed by atoms with Crippen molar-refractivity contribution in [2.45, 2.75) is 25.8 Å². The number of hydrogen-bond donors (Lipinski definition) is 1. The van der Waals surface area contributed by atoms with Crippen LogP contribution in [0.25, 0.3) is 11.0 Å². The minimum absolute atomic E-state index is 0.300. The molecule has 0 saturated heterocycles. The van der Waals surface area contributed by atoms with Gasteiger partial charge in [0, 0.05) is 18.4 Å². The summed E-state index contributed by atoms with van der Waals surface area (Å²) in [6, 6.07) is 17.3. The Morgan fingerprint density at radius 2 is 1.73 bits per heavy atom. The summed E-state index contributed by atoms with van der Waals surface area (Å²) < 4.78 is 0. The highest BCUT2D eigenvalue weighted by molar-refractivity contribution is 5.74. The van der Waals surface area contributed by atoms with E-state index in [9.17, 15) is 0 Å². The van der Waals surface area contributed by atoms with Gasteiger partial charge in [-0.05, 0) is 42.6 Å². The molecule has 1 atom stereocenters. The van der Waals surface area contributed by atoms with Crippen molar-refractivity contribution in [2.24, 2.45) is 0 Å². The SMILES string of the molecule is CCCNC(Cc1ccccc1)c1ccc2nccnc2c1. The van der Waals surface area contributed by atoms with Crippen LogP contribution in [0.3, 0.4) is 0 Å². The third kappa shape index (κ3) is 3.49. The highest BCUT2D eigenvalue weighted by atomic mass is 14.9. The monoisotopic (exact) mass is 291 g/mol. The first-order chi connectivity index (χ1) is 10.9. The Bertz CT molecular complexity index is 725. The average molecular weight is 291 g/mol. The van der Waals surface area contributed by atoms with E-state index < -0.39 is 0 Å². The molecule has 0 amide bonds. The van der Waals surface area contributed by atoms with E-state index in [4.69, 9.17) is 0 Å². The van der Waals surface area contributed by atoms with Gasteiger partial charge in [-0.1, -0.05) is 43.3 Å². The van der Waals surface area contributed by atoms with Gasteiger partial charge in [0.2, 0.25) is 0 Å². The molecule has 0 aliphatic heterocycles. The van der Waals surface area contributed by atoms with E-state index in [0.29, 0.717) is 6.04 Å². The van der Waals surface area contributed by atoms with Crippen LogP contribution in [0.1, 0.15) is 30.5 Å². The molecule has 112 valence electrons. The Morgan fingerprint density at radius 3 is 2.50 bits per heavy atom. The first kappa shape index (κ1) is 14.7. The maximum absolute atomic E-state index is 4.42. The Hall–Kier alpha value is -2.26. The van der Waals surface area contributed by atoms with Crippen LogP contribution in [-0.2, 0) is 6.42 Å². The number of nitrogens with zero attached hydrogens (tertiary/aromatic N) is 2. The first-order valence-electron chi connectivity index (χ1n) is 7.85. The molecule has 1 N–H and O–H groups in total. The van der Waals surface area contributed by atoms with Gasteiger partial charge in [-0.3, -0.25) is 9.97 Å². The summed E-state index contributed by atoms with van der Waals surface area (Å²) in [4.78, 5) is 8.77. The summed E-state index contributed by atoms with van der Waals surface area (Å²) in [6.07, 6.45) is 5.59. The smallest absolute Gasteiger partial charge is 0.0890 e. The van der Waals surface area contributed by atoms with Crippen LogP contribution >= 0.6 is 0 Å². The van der Waals surface area contributed by atoms with Gasteiger partial charge in [-0.2, -0.15) is 0 Å². The zero-order valence-corrected chi connectivity index (χ0v) is 12.9. The molecular formula is C19H21N3. The van der Waals surface area contributed by atoms with Gasteiger partial charge >= 0.3 is 0 Å². The van der Waals surface area contributed by atoms with E-state index in [1.807, 2.05) is 0 Å². The molecule has 0 aliphatic rings. The van der Waals surface area contributed by atoms with Crippen molar-refractivity contribution in [3.8, 4) is 0 Å². The number of nitrogens with one attached hydrogen (secondary N) is 1. The number of hydrogen-bond acceptors (Lipinski definition) is 3. The second-order valence-corrected chi connectivity index (χ2v) is 5.50. The molecular weight excluding hydrogens is 270 g/mol. The molecule has 0 radical (unpaired) electrons. The van der Waals surface area contributed by atoms with Gasteiger partial charge in [-0.15, -0.1) is 0 Å². The lowest BCUT2D eigenvalue weighted by Gasteiger charge is -2.19. The van der Waals surface area contributed by atoms with Crippen LogP contribution in [0, 0.1) is 0 Å². The van der Waals surface area contributed by atoms with Crippen LogP contribution < -0.4 is 5.32 Å². The second kappa shape index (κ2) is 7.14. The van der Waals surface area contributed by atoms with E-state index in [1.165, 1.54) is 11.1 Å². The zero-order chi connectivity index (χ0) is 15.2. The molecule has 0 bridgehead atoms. The predicted octanol–water partition coefficient (Wildman–Crippen LogP) is 3.91. The van der Waals surface area contributed by atoms with Gasteiger partial charge in [-0.25, -0.2) is 0 Å². The molecule has 3 rings (SSSR count). The topological polar surface area (TPSA) is 37.8 Å². The molecule has 1 heterocycles. The molecule has 0 aliphatic carbocycles. The van der Waals surface area contributed by atoms with Gasteiger partial charge in [0.25, 0.3) is 0 Å². The third-order valence-electron chi connectivity index (χ3n) is 3.82. The van der Waals surface area contributed by atoms with Crippen molar-refractivity contribution < 1.29 is 0 Å². The quantitative estimate of drug-likeness (QED) is 0.748. The van der Waals surface area contributed by atoms with Gasteiger partial charge in [0.05, 0.1) is 11.0 Å². The van der Waals surface area contributed by atoms with Crippen molar-refractivity contribution in [3.63, 3.8) is 0 Å². The van der Waals surface area contributed by atoms with Crippen molar-refractivity contribution in [1.82, 2.24) is 15.3 Å². The van der Waals surface area contributed by atoms with Crippen molar-refractivity contribution in [3.05, 3.63) is 72.1 Å². The fourth-order valence-corrected chi connectivity index (χ4v) is 2.67. The van der Waals surface area contributed by atoms with Crippen LogP contribution in [0.2, 0.25) is 0 Å². The van der Waals surface area contributed by atoms with E-state index in [2.05, 4.69) is 70.7 Å². The summed E-state index contributed by atoms with van der Waals surface area (Å²) in [5.74, 6) is 0. The molecule has 3 nitrogen and oxygen atoms in total. The fraction of sp³-hybridized carbons (Fsp3) is 0.263. The molecule has 0 spiro atoms. The standard InChI is InChI=1S/C19H21N3/c1-2-10-20-18(13-15-6-4-3-5-7-15)16-8-9-17-19(14-16)22-12-11-21-17/h3-9,11-12,14,18,20H,2,10,13H2,1H3. The van der Waals surface area contributed by atoms with Crippen molar-refractivity contribution in [1.29, 1.82) is 0 Å². The minimum atomic E-state index is 0.300. The molecule has 0 fully saturated rings. The summed E-state index contributed by atoms with van der Waals surface area (Å²) in [5.41, 5.74) is 4.51. The molecule has 2 aromatic carbocycles. The van der Waals surface area contributed by atoms with Gasteiger partial charge < -0.3 is 5.32 Å². The zero-order valence-electron chi connectivity index (χ0n) is 12.9. The van der Waals surface area contributed by atoms with Crippen LogP contribution in [0.5, 0.6) is 0 Å². The summed E-state index contributed by atoms with van der Waals surface area (Å²) in [7, 11) is 0. The number of benzene rings is 2. The minimum Gasteiger partial charge on any atom is -0.310 e. The Kier molecular flexibility index (Phi) is 4.76. The molecule has 1 aromatic heterocycles. The molecule has 3 heteroatoms. The Labute approximate surface area is 131 Å². The summed E-state index contributed by atoms with van der Waals surface area (Å²) >= 11 is 0. The normalized spacial score (nSPS) is 12.4. The number of rotatable bonds is 6. The van der Waals surface area contributed by atoms with E-state index in [1.54, 1.807) is 12.4 Å². The van der Waals surface area contributed by atoms with Gasteiger partial charge in [0.1, 0.15) is 0 Å². The summed E-state index contributed by atoms with van der Waals surface area (Å²) in [6.45, 7) is 3.20. The van der Waals surface area contributed by atoms with Crippen LogP contribution in [-0.4, -0.2) is 16.5 Å². The lowest BCUT2D eigenvalue weighted by Crippen LogP contribution is -2.24. The summed E-state index contributed by atoms with van der Waals surface area (Å²) in [5, 5.41) is 3.65. The second-order valence-electron chi connectivity index (χ2n) is 5.50. The Morgan fingerprint density at radius 1 is 0.955 bits per heavy atom.